The zero-order valence-corrected chi connectivity index (χ0v) is 13.4. The predicted molar refractivity (Wildman–Crippen MR) is 86.6 cm³/mol. The molecule has 0 heterocycles. The van der Waals surface area contributed by atoms with E-state index in [0.717, 1.165) is 25.7 Å². The summed E-state index contributed by atoms with van der Waals surface area (Å²) in [5.74, 6) is -0.371. The van der Waals surface area contributed by atoms with Crippen molar-refractivity contribution in [2.75, 3.05) is 6.61 Å². The van der Waals surface area contributed by atoms with Crippen molar-refractivity contribution in [3.8, 4) is 0 Å². The Balaban J connectivity index is 3.90. The summed E-state index contributed by atoms with van der Waals surface area (Å²) in [6, 6.07) is 0. The lowest BCUT2D eigenvalue weighted by Crippen LogP contribution is -1.99. The molecule has 0 aromatic rings. The Morgan fingerprint density at radius 1 is 0.950 bits per heavy atom. The Hall–Kier alpha value is -1.57. The number of carbonyl (C=O) groups excluding carboxylic acids is 1. The van der Waals surface area contributed by atoms with Crippen LogP contribution in [-0.4, -0.2) is 12.6 Å². The standard InChI is InChI=1S/C18H28O2/c1-6-18(19)20-14-13-17(5)12-8-11-16(4)10-7-9-15(2)3/h6,9,11,13H,1,7-8,10,12,14H2,2-5H3/b16-11+,17-13+. The van der Waals surface area contributed by atoms with Crippen LogP contribution < -0.4 is 0 Å². The van der Waals surface area contributed by atoms with Gasteiger partial charge in [0.1, 0.15) is 6.61 Å². The van der Waals surface area contributed by atoms with E-state index in [1.165, 1.54) is 22.8 Å². The van der Waals surface area contributed by atoms with Crippen molar-refractivity contribution < 1.29 is 9.53 Å². The van der Waals surface area contributed by atoms with Gasteiger partial charge in [0.2, 0.25) is 0 Å². The summed E-state index contributed by atoms with van der Waals surface area (Å²) in [7, 11) is 0. The summed E-state index contributed by atoms with van der Waals surface area (Å²) < 4.78 is 4.91. The zero-order chi connectivity index (χ0) is 15.4. The molecule has 2 nitrogen and oxygen atoms in total. The highest BCUT2D eigenvalue weighted by atomic mass is 16.5. The number of allylic oxidation sites excluding steroid dienone is 5. The number of esters is 1. The van der Waals surface area contributed by atoms with Crippen molar-refractivity contribution in [3.63, 3.8) is 0 Å². The largest absolute Gasteiger partial charge is 0.458 e. The average Bonchev–Trinajstić information content (AvgIpc) is 2.38. The van der Waals surface area contributed by atoms with Gasteiger partial charge in [0.05, 0.1) is 0 Å². The van der Waals surface area contributed by atoms with Gasteiger partial charge < -0.3 is 4.74 Å². The molecule has 2 heteroatoms. The lowest BCUT2D eigenvalue weighted by atomic mass is 10.1. The SMILES string of the molecule is C=CC(=O)OC/C=C(\C)CC/C=C(\C)CCC=C(C)C. The summed E-state index contributed by atoms with van der Waals surface area (Å²) in [5, 5.41) is 0. The third kappa shape index (κ3) is 11.5. The van der Waals surface area contributed by atoms with E-state index in [4.69, 9.17) is 4.74 Å². The fourth-order valence-electron chi connectivity index (χ4n) is 1.66. The topological polar surface area (TPSA) is 26.3 Å². The minimum atomic E-state index is -0.371. The first-order chi connectivity index (χ1) is 9.45. The van der Waals surface area contributed by atoms with Gasteiger partial charge in [-0.2, -0.15) is 0 Å². The van der Waals surface area contributed by atoms with Crippen molar-refractivity contribution >= 4 is 5.97 Å². The molecule has 112 valence electrons. The Bertz CT molecular complexity index is 394. The predicted octanol–water partition coefficient (Wildman–Crippen LogP) is 5.13. The Kier molecular flexibility index (Phi) is 10.4. The van der Waals surface area contributed by atoms with E-state index < -0.39 is 0 Å². The minimum Gasteiger partial charge on any atom is -0.458 e. The lowest BCUT2D eigenvalue weighted by Gasteiger charge is -2.02. The van der Waals surface area contributed by atoms with Crippen LogP contribution in [0.1, 0.15) is 53.4 Å². The maximum absolute atomic E-state index is 10.9. The molecular weight excluding hydrogens is 248 g/mol. The summed E-state index contributed by atoms with van der Waals surface area (Å²) in [6.45, 7) is 12.2. The third-order valence-electron chi connectivity index (χ3n) is 2.95. The Morgan fingerprint density at radius 3 is 2.05 bits per heavy atom. The molecule has 0 rings (SSSR count). The number of rotatable bonds is 9. The molecule has 0 aliphatic rings. The first kappa shape index (κ1) is 18.4. The van der Waals surface area contributed by atoms with Crippen LogP contribution in [0.2, 0.25) is 0 Å². The third-order valence-corrected chi connectivity index (χ3v) is 2.95. The molecule has 0 amide bonds. The number of carbonyl (C=O) groups is 1. The van der Waals surface area contributed by atoms with Crippen molar-refractivity contribution in [2.24, 2.45) is 0 Å². The van der Waals surface area contributed by atoms with E-state index in [9.17, 15) is 4.79 Å². The van der Waals surface area contributed by atoms with Crippen LogP contribution in [0.5, 0.6) is 0 Å². The van der Waals surface area contributed by atoms with Crippen molar-refractivity contribution in [2.45, 2.75) is 53.4 Å². The molecule has 0 unspecified atom stereocenters. The van der Waals surface area contributed by atoms with Crippen molar-refractivity contribution in [1.29, 1.82) is 0 Å². The second kappa shape index (κ2) is 11.3. The van der Waals surface area contributed by atoms with Gasteiger partial charge in [-0.3, -0.25) is 0 Å². The van der Waals surface area contributed by atoms with Crippen molar-refractivity contribution in [1.82, 2.24) is 0 Å². The smallest absolute Gasteiger partial charge is 0.330 e. The second-order valence-electron chi connectivity index (χ2n) is 5.29. The molecule has 0 fully saturated rings. The molecule has 0 aliphatic heterocycles. The van der Waals surface area contributed by atoms with E-state index in [1.807, 2.05) is 6.08 Å². The van der Waals surface area contributed by atoms with Gasteiger partial charge in [-0.25, -0.2) is 4.79 Å². The number of hydrogen-bond donors (Lipinski definition) is 0. The lowest BCUT2D eigenvalue weighted by molar-refractivity contribution is -0.136. The minimum absolute atomic E-state index is 0.333. The van der Waals surface area contributed by atoms with Gasteiger partial charge in [0.25, 0.3) is 0 Å². The molecule has 0 saturated heterocycles. The molecule has 0 radical (unpaired) electrons. The highest BCUT2D eigenvalue weighted by Crippen LogP contribution is 2.11. The van der Waals surface area contributed by atoms with Gasteiger partial charge in [0.15, 0.2) is 0 Å². The fraction of sp³-hybridized carbons (Fsp3) is 0.500. The van der Waals surface area contributed by atoms with Crippen LogP contribution in [0.25, 0.3) is 0 Å². The maximum atomic E-state index is 10.9. The molecule has 0 bridgehead atoms. The van der Waals surface area contributed by atoms with E-state index >= 15 is 0 Å². The summed E-state index contributed by atoms with van der Waals surface area (Å²) >= 11 is 0. The summed E-state index contributed by atoms with van der Waals surface area (Å²) in [5.41, 5.74) is 4.06. The molecule has 0 N–H and O–H groups in total. The van der Waals surface area contributed by atoms with Crippen LogP contribution in [0, 0.1) is 0 Å². The molecular formula is C18H28O2. The number of ether oxygens (including phenoxy) is 1. The normalized spacial score (nSPS) is 12.0. The van der Waals surface area contributed by atoms with Crippen LogP contribution in [0.3, 0.4) is 0 Å². The Labute approximate surface area is 123 Å². The van der Waals surface area contributed by atoms with Gasteiger partial charge >= 0.3 is 5.97 Å². The molecule has 0 aromatic carbocycles. The Morgan fingerprint density at radius 2 is 1.50 bits per heavy atom. The molecule has 0 aromatic heterocycles. The van der Waals surface area contributed by atoms with E-state index in [0.29, 0.717) is 6.61 Å². The van der Waals surface area contributed by atoms with Crippen LogP contribution in [0.4, 0.5) is 0 Å². The molecule has 0 spiro atoms. The van der Waals surface area contributed by atoms with Gasteiger partial charge in [-0.1, -0.05) is 35.5 Å². The molecule has 0 aliphatic carbocycles. The van der Waals surface area contributed by atoms with Crippen LogP contribution in [-0.2, 0) is 9.53 Å². The first-order valence-corrected chi connectivity index (χ1v) is 7.19. The number of hydrogen-bond acceptors (Lipinski definition) is 2. The highest BCUT2D eigenvalue weighted by Gasteiger charge is 1.94. The average molecular weight is 276 g/mol. The van der Waals surface area contributed by atoms with Gasteiger partial charge in [-0.15, -0.1) is 0 Å². The molecule has 0 atom stereocenters. The van der Waals surface area contributed by atoms with Crippen LogP contribution >= 0.6 is 0 Å². The monoisotopic (exact) mass is 276 g/mol. The van der Waals surface area contributed by atoms with Gasteiger partial charge in [-0.05, 0) is 59.5 Å². The van der Waals surface area contributed by atoms with E-state index in [2.05, 4.69) is 46.4 Å². The summed E-state index contributed by atoms with van der Waals surface area (Å²) in [4.78, 5) is 10.9. The maximum Gasteiger partial charge on any atom is 0.330 e. The highest BCUT2D eigenvalue weighted by molar-refractivity contribution is 5.81. The quantitative estimate of drug-likeness (QED) is 0.331. The fourth-order valence-corrected chi connectivity index (χ4v) is 1.66. The van der Waals surface area contributed by atoms with E-state index in [1.54, 1.807) is 0 Å². The van der Waals surface area contributed by atoms with Crippen LogP contribution in [0.15, 0.2) is 47.6 Å². The van der Waals surface area contributed by atoms with Crippen molar-refractivity contribution in [3.05, 3.63) is 47.6 Å². The zero-order valence-electron chi connectivity index (χ0n) is 13.4. The molecule has 0 saturated carbocycles. The summed E-state index contributed by atoms with van der Waals surface area (Å²) in [6.07, 6.45) is 12.0. The first-order valence-electron chi connectivity index (χ1n) is 7.19. The second-order valence-corrected chi connectivity index (χ2v) is 5.29. The molecule has 20 heavy (non-hydrogen) atoms. The van der Waals surface area contributed by atoms with E-state index in [-0.39, 0.29) is 5.97 Å². The van der Waals surface area contributed by atoms with Gasteiger partial charge in [0, 0.05) is 6.08 Å².